The molecule has 0 saturated carbocycles. The molecule has 0 unspecified atom stereocenters. The van der Waals surface area contributed by atoms with Gasteiger partial charge in [-0.1, -0.05) is 66.2 Å². The van der Waals surface area contributed by atoms with E-state index in [4.69, 9.17) is 29.4 Å². The molecule has 0 spiro atoms. The zero-order valence-corrected chi connectivity index (χ0v) is 16.1. The molecule has 130 valence electrons. The summed E-state index contributed by atoms with van der Waals surface area (Å²) in [6, 6.07) is 0. The summed E-state index contributed by atoms with van der Waals surface area (Å²) in [5, 5.41) is 0. The molecule has 0 rings (SSSR count). The van der Waals surface area contributed by atoms with E-state index in [1.807, 2.05) is 0 Å². The molecule has 0 amide bonds. The van der Waals surface area contributed by atoms with Gasteiger partial charge >= 0.3 is 43.0 Å². The summed E-state index contributed by atoms with van der Waals surface area (Å²) in [5.74, 6) is 0. The summed E-state index contributed by atoms with van der Waals surface area (Å²) < 4.78 is 0. The van der Waals surface area contributed by atoms with Gasteiger partial charge in [0.1, 0.15) is 0 Å². The van der Waals surface area contributed by atoms with Crippen molar-refractivity contribution in [1.82, 2.24) is 0 Å². The Morgan fingerprint density at radius 1 is 0.571 bits per heavy atom. The van der Waals surface area contributed by atoms with Crippen LogP contribution in [0.1, 0.15) is 66.2 Å². The van der Waals surface area contributed by atoms with Gasteiger partial charge in [0.25, 0.3) is 0 Å². The standard InChI is InChI=1S/2C5H12.Na.2H3O3PS.H/c2*1-3-5-4-2;;2*1-4(2,3)5;/h2*3-5H2,1-2H3;;2*(H3,1,2,3,5);. The first-order chi connectivity index (χ1) is 8.83. The Morgan fingerprint density at radius 2 is 0.667 bits per heavy atom. The number of hydrogen-bond acceptors (Lipinski definition) is 2. The molecule has 0 aliphatic rings. The van der Waals surface area contributed by atoms with Gasteiger partial charge in [-0.25, -0.2) is 0 Å². The summed E-state index contributed by atoms with van der Waals surface area (Å²) in [7, 11) is 0. The van der Waals surface area contributed by atoms with Crippen LogP contribution in [0.25, 0.3) is 0 Å². The Balaban J connectivity index is -0.0000000533. The molecule has 11 heteroatoms. The molecule has 6 nitrogen and oxygen atoms in total. The molecule has 0 radical (unpaired) electrons. The van der Waals surface area contributed by atoms with Crippen LogP contribution in [0.4, 0.5) is 0 Å². The maximum absolute atomic E-state index is 7.56. The summed E-state index contributed by atoms with van der Waals surface area (Å²) in [4.78, 5) is 45.3. The van der Waals surface area contributed by atoms with Crippen molar-refractivity contribution >= 4 is 66.6 Å². The first-order valence-electron chi connectivity index (χ1n) is 6.39. The van der Waals surface area contributed by atoms with Gasteiger partial charge in [-0.3, -0.25) is 0 Å². The third-order valence-electron chi connectivity index (χ3n) is 1.41. The normalized spacial score (nSPS) is 9.62. The molecule has 0 aromatic carbocycles. The van der Waals surface area contributed by atoms with Gasteiger partial charge in [0.05, 0.1) is 0 Å². The van der Waals surface area contributed by atoms with Gasteiger partial charge in [0.2, 0.25) is 0 Å². The Kier molecular flexibility index (Phi) is 39.8. The van der Waals surface area contributed by atoms with E-state index >= 15 is 0 Å². The van der Waals surface area contributed by atoms with Gasteiger partial charge in [-0.2, -0.15) is 0 Å². The van der Waals surface area contributed by atoms with Crippen molar-refractivity contribution in [2.24, 2.45) is 0 Å². The Labute approximate surface area is 161 Å². The average Bonchev–Trinajstić information content (AvgIpc) is 2.15. The number of rotatable bonds is 4. The van der Waals surface area contributed by atoms with Crippen LogP contribution in [0.5, 0.6) is 0 Å². The van der Waals surface area contributed by atoms with Crippen molar-refractivity contribution in [3.05, 3.63) is 0 Å². The molecule has 0 bridgehead atoms. The molecular formula is C10H31NaO6P2S2. The van der Waals surface area contributed by atoms with E-state index in [1.165, 1.54) is 38.5 Å². The van der Waals surface area contributed by atoms with E-state index in [1.54, 1.807) is 0 Å². The molecule has 0 fully saturated rings. The molecule has 0 aromatic rings. The zero-order valence-electron chi connectivity index (χ0n) is 12.6. The van der Waals surface area contributed by atoms with Crippen LogP contribution in [0.3, 0.4) is 0 Å². The quantitative estimate of drug-likeness (QED) is 0.316. The van der Waals surface area contributed by atoms with Gasteiger partial charge in [-0.15, -0.1) is 0 Å². The van der Waals surface area contributed by atoms with E-state index in [-0.39, 0.29) is 29.6 Å². The summed E-state index contributed by atoms with van der Waals surface area (Å²) >= 11 is 7.21. The van der Waals surface area contributed by atoms with Crippen LogP contribution in [-0.2, 0) is 23.6 Å². The van der Waals surface area contributed by atoms with Crippen molar-refractivity contribution in [1.29, 1.82) is 0 Å². The van der Waals surface area contributed by atoms with E-state index in [0.29, 0.717) is 0 Å². The molecule has 0 heterocycles. The first kappa shape index (κ1) is 34.4. The van der Waals surface area contributed by atoms with Crippen LogP contribution < -0.4 is 0 Å². The molecule has 0 saturated heterocycles. The SMILES string of the molecule is CCCCC.CCCCC.OP(O)(O)=S.OP(O)(O)=S.[NaH]. The second-order valence-electron chi connectivity index (χ2n) is 3.73. The van der Waals surface area contributed by atoms with Gasteiger partial charge in [0, 0.05) is 0 Å². The molecular weight excluding hydrogens is 365 g/mol. The summed E-state index contributed by atoms with van der Waals surface area (Å²) in [5.41, 5.74) is 0. The second-order valence-corrected chi connectivity index (χ2v) is 8.73. The second kappa shape index (κ2) is 24.3. The van der Waals surface area contributed by atoms with Crippen LogP contribution in [-0.4, -0.2) is 58.9 Å². The van der Waals surface area contributed by atoms with Crippen LogP contribution in [0.2, 0.25) is 0 Å². The number of hydrogen-bond donors (Lipinski definition) is 6. The molecule has 0 aromatic heterocycles. The van der Waals surface area contributed by atoms with Crippen LogP contribution in [0.15, 0.2) is 0 Å². The van der Waals surface area contributed by atoms with Gasteiger partial charge in [0.15, 0.2) is 0 Å². The van der Waals surface area contributed by atoms with Crippen molar-refractivity contribution in [2.45, 2.75) is 66.2 Å². The first-order valence-corrected chi connectivity index (χ1v) is 11.7. The number of unbranched alkanes of at least 4 members (excludes halogenated alkanes) is 4. The van der Waals surface area contributed by atoms with Crippen LogP contribution >= 0.6 is 13.4 Å². The van der Waals surface area contributed by atoms with E-state index < -0.39 is 13.4 Å². The third-order valence-corrected chi connectivity index (χ3v) is 1.41. The fraction of sp³-hybridized carbons (Fsp3) is 1.00. The van der Waals surface area contributed by atoms with E-state index in [9.17, 15) is 0 Å². The summed E-state index contributed by atoms with van der Waals surface area (Å²) in [6.45, 7) is 1.24. The Morgan fingerprint density at radius 3 is 0.667 bits per heavy atom. The topological polar surface area (TPSA) is 121 Å². The van der Waals surface area contributed by atoms with E-state index in [0.717, 1.165) is 0 Å². The fourth-order valence-electron chi connectivity index (χ4n) is 0.707. The maximum atomic E-state index is 7.56. The minimum atomic E-state index is -3.81. The molecule has 0 aliphatic heterocycles. The fourth-order valence-corrected chi connectivity index (χ4v) is 0.707. The average molecular weight is 396 g/mol. The van der Waals surface area contributed by atoms with E-state index in [2.05, 4.69) is 51.3 Å². The monoisotopic (exact) mass is 396 g/mol. The van der Waals surface area contributed by atoms with Gasteiger partial charge in [-0.05, 0) is 23.6 Å². The van der Waals surface area contributed by atoms with Crippen molar-refractivity contribution in [2.75, 3.05) is 0 Å². The van der Waals surface area contributed by atoms with Crippen LogP contribution in [0, 0.1) is 0 Å². The zero-order chi connectivity index (χ0) is 17.2. The van der Waals surface area contributed by atoms with Crippen molar-refractivity contribution < 1.29 is 29.4 Å². The predicted octanol–water partition coefficient (Wildman–Crippen LogP) is 2.12. The molecule has 0 aliphatic carbocycles. The van der Waals surface area contributed by atoms with Crippen molar-refractivity contribution in [3.63, 3.8) is 0 Å². The minimum absolute atomic E-state index is 0. The third kappa shape index (κ3) is 242. The predicted molar refractivity (Wildman–Crippen MR) is 99.4 cm³/mol. The Hall–Kier alpha value is 2.06. The summed E-state index contributed by atoms with van der Waals surface area (Å²) in [6.07, 6.45) is 8.15. The van der Waals surface area contributed by atoms with Crippen molar-refractivity contribution in [3.8, 4) is 0 Å². The molecule has 6 N–H and O–H groups in total. The molecule has 0 atom stereocenters. The Bertz CT molecular complexity index is 213. The van der Waals surface area contributed by atoms with Gasteiger partial charge < -0.3 is 29.4 Å². The molecule has 21 heavy (non-hydrogen) atoms.